The highest BCUT2D eigenvalue weighted by molar-refractivity contribution is 6.30. The maximum absolute atomic E-state index is 13.5. The van der Waals surface area contributed by atoms with Crippen LogP contribution in [0.25, 0.3) is 0 Å². The molecule has 2 aliphatic heterocycles. The Morgan fingerprint density at radius 2 is 1.94 bits per heavy atom. The molecule has 3 aliphatic rings. The van der Waals surface area contributed by atoms with Gasteiger partial charge in [-0.25, -0.2) is 9.97 Å². The predicted octanol–water partition coefficient (Wildman–Crippen LogP) is 2.85. The van der Waals surface area contributed by atoms with Gasteiger partial charge in [0.05, 0.1) is 44.0 Å². The van der Waals surface area contributed by atoms with Gasteiger partial charge in [-0.1, -0.05) is 17.7 Å². The van der Waals surface area contributed by atoms with E-state index < -0.39 is 5.60 Å². The minimum Gasteiger partial charge on any atom is -0.490 e. The minimum absolute atomic E-state index is 0.0457. The number of rotatable bonds is 7. The van der Waals surface area contributed by atoms with Crippen molar-refractivity contribution in [3.05, 3.63) is 52.6 Å². The fourth-order valence-electron chi connectivity index (χ4n) is 4.64. The summed E-state index contributed by atoms with van der Waals surface area (Å²) in [4.78, 5) is 39.3. The van der Waals surface area contributed by atoms with Crippen LogP contribution in [0.1, 0.15) is 47.1 Å². The molecule has 1 aromatic heterocycles. The summed E-state index contributed by atoms with van der Waals surface area (Å²) in [6.45, 7) is 4.97. The summed E-state index contributed by atoms with van der Waals surface area (Å²) < 4.78 is 17.7. The third kappa shape index (κ3) is 5.79. The molecular formula is C26H31ClN4O5. The molecule has 0 unspecified atom stereocenters. The second-order valence-corrected chi connectivity index (χ2v) is 10.1. The number of halogens is 1. The van der Waals surface area contributed by atoms with Gasteiger partial charge in [0.15, 0.2) is 0 Å². The Balaban J connectivity index is 1.35. The molecule has 0 N–H and O–H groups in total. The van der Waals surface area contributed by atoms with E-state index >= 15 is 0 Å². The lowest BCUT2D eigenvalue weighted by atomic mass is 9.96. The van der Waals surface area contributed by atoms with Gasteiger partial charge in [0, 0.05) is 36.8 Å². The van der Waals surface area contributed by atoms with Crippen molar-refractivity contribution >= 4 is 23.4 Å². The number of hydrogen-bond donors (Lipinski definition) is 0. The molecule has 1 aliphatic carbocycles. The van der Waals surface area contributed by atoms with Crippen LogP contribution in [-0.4, -0.2) is 89.8 Å². The number of carbonyl (C=O) groups excluding carboxylic acids is 2. The van der Waals surface area contributed by atoms with Crippen LogP contribution in [0.3, 0.4) is 0 Å². The third-order valence-electron chi connectivity index (χ3n) is 6.84. The highest BCUT2D eigenvalue weighted by Crippen LogP contribution is 2.38. The molecule has 36 heavy (non-hydrogen) atoms. The van der Waals surface area contributed by atoms with Crippen molar-refractivity contribution in [2.45, 2.75) is 37.7 Å². The molecule has 192 valence electrons. The molecule has 5 rings (SSSR count). The van der Waals surface area contributed by atoms with Gasteiger partial charge in [0.1, 0.15) is 23.8 Å². The van der Waals surface area contributed by atoms with E-state index in [4.69, 9.17) is 25.8 Å². The fourth-order valence-corrected chi connectivity index (χ4v) is 4.82. The van der Waals surface area contributed by atoms with Gasteiger partial charge >= 0.3 is 0 Å². The Hall–Kier alpha value is -2.75. The first-order valence-electron chi connectivity index (χ1n) is 12.4. The Bertz CT molecular complexity index is 1120. The van der Waals surface area contributed by atoms with Crippen LogP contribution in [0.15, 0.2) is 30.5 Å². The second-order valence-electron chi connectivity index (χ2n) is 9.68. The van der Waals surface area contributed by atoms with E-state index in [2.05, 4.69) is 9.97 Å². The van der Waals surface area contributed by atoms with Gasteiger partial charge in [0.2, 0.25) is 5.91 Å². The number of ether oxygens (including phenoxy) is 3. The Labute approximate surface area is 215 Å². The smallest absolute Gasteiger partial charge is 0.257 e. The van der Waals surface area contributed by atoms with Crippen LogP contribution in [0.4, 0.5) is 0 Å². The number of aromatic nitrogens is 2. The number of nitrogens with zero attached hydrogens (tertiary/aromatic N) is 4. The van der Waals surface area contributed by atoms with Gasteiger partial charge in [-0.2, -0.15) is 0 Å². The molecule has 3 heterocycles. The van der Waals surface area contributed by atoms with Crippen molar-refractivity contribution in [3.63, 3.8) is 0 Å². The van der Waals surface area contributed by atoms with Gasteiger partial charge in [0.25, 0.3) is 5.91 Å². The first kappa shape index (κ1) is 24.9. The van der Waals surface area contributed by atoms with Crippen molar-refractivity contribution in [2.24, 2.45) is 0 Å². The average Bonchev–Trinajstić information content (AvgIpc) is 3.74. The summed E-state index contributed by atoms with van der Waals surface area (Å²) in [6, 6.07) is 7.08. The van der Waals surface area contributed by atoms with Crippen molar-refractivity contribution < 1.29 is 23.8 Å². The molecule has 9 nitrogen and oxygen atoms in total. The molecule has 2 saturated heterocycles. The summed E-state index contributed by atoms with van der Waals surface area (Å²) >= 11 is 6.12. The van der Waals surface area contributed by atoms with Gasteiger partial charge in [-0.05, 0) is 38.0 Å². The molecule has 1 atom stereocenters. The van der Waals surface area contributed by atoms with E-state index in [-0.39, 0.29) is 31.4 Å². The van der Waals surface area contributed by atoms with Crippen LogP contribution in [0.5, 0.6) is 5.75 Å². The summed E-state index contributed by atoms with van der Waals surface area (Å²) in [5, 5.41) is 0.553. The first-order valence-corrected chi connectivity index (χ1v) is 12.8. The summed E-state index contributed by atoms with van der Waals surface area (Å²) in [7, 11) is 0. The molecule has 2 amide bonds. The van der Waals surface area contributed by atoms with Crippen LogP contribution < -0.4 is 4.74 Å². The molecule has 10 heteroatoms. The highest BCUT2D eigenvalue weighted by Gasteiger charge is 2.43. The number of amides is 2. The zero-order valence-electron chi connectivity index (χ0n) is 20.5. The lowest BCUT2D eigenvalue weighted by Crippen LogP contribution is -2.58. The maximum Gasteiger partial charge on any atom is 0.257 e. The van der Waals surface area contributed by atoms with E-state index in [1.165, 1.54) is 0 Å². The number of benzene rings is 1. The van der Waals surface area contributed by atoms with Gasteiger partial charge in [-0.15, -0.1) is 0 Å². The Morgan fingerprint density at radius 1 is 1.17 bits per heavy atom. The van der Waals surface area contributed by atoms with Gasteiger partial charge < -0.3 is 24.0 Å². The van der Waals surface area contributed by atoms with Crippen LogP contribution in [-0.2, 0) is 14.3 Å². The van der Waals surface area contributed by atoms with Gasteiger partial charge in [-0.3, -0.25) is 9.59 Å². The number of morpholine rings is 2. The minimum atomic E-state index is -1.01. The lowest BCUT2D eigenvalue weighted by Gasteiger charge is -2.43. The molecule has 0 bridgehead atoms. The van der Waals surface area contributed by atoms with E-state index in [0.717, 1.165) is 18.7 Å². The standard InChI is InChI=1S/C26H31ClN4O5/c1-18-22(15-28-24(29-18)19-5-6-19)25(33)31-9-12-36-26(16-31,14-23(32)30-7-10-34-11-8-30)17-35-21-4-2-3-20(27)13-21/h2-4,13,15,19H,5-12,14,16-17H2,1H3/t26-/m0/s1. The van der Waals surface area contributed by atoms with E-state index in [1.54, 1.807) is 40.3 Å². The zero-order chi connectivity index (χ0) is 25.1. The molecule has 1 saturated carbocycles. The predicted molar refractivity (Wildman–Crippen MR) is 132 cm³/mol. The fraction of sp³-hybridized carbons (Fsp3) is 0.538. The molecule has 2 aromatic rings. The van der Waals surface area contributed by atoms with Crippen molar-refractivity contribution in [1.82, 2.24) is 19.8 Å². The normalized spacial score (nSPS) is 22.4. The monoisotopic (exact) mass is 514 g/mol. The molecule has 0 radical (unpaired) electrons. The van der Waals surface area contributed by atoms with Crippen LogP contribution in [0.2, 0.25) is 5.02 Å². The largest absolute Gasteiger partial charge is 0.490 e. The van der Waals surface area contributed by atoms with E-state index in [0.29, 0.717) is 67.4 Å². The highest BCUT2D eigenvalue weighted by atomic mass is 35.5. The van der Waals surface area contributed by atoms with Crippen molar-refractivity contribution in [1.29, 1.82) is 0 Å². The molecule has 3 fully saturated rings. The number of hydrogen-bond acceptors (Lipinski definition) is 7. The first-order chi connectivity index (χ1) is 17.4. The molecular weight excluding hydrogens is 484 g/mol. The quantitative estimate of drug-likeness (QED) is 0.560. The summed E-state index contributed by atoms with van der Waals surface area (Å²) in [6.07, 6.45) is 3.93. The Morgan fingerprint density at radius 3 is 2.67 bits per heavy atom. The topological polar surface area (TPSA) is 94.1 Å². The third-order valence-corrected chi connectivity index (χ3v) is 7.08. The van der Waals surface area contributed by atoms with Crippen LogP contribution in [0, 0.1) is 6.92 Å². The second kappa shape index (κ2) is 10.7. The zero-order valence-corrected chi connectivity index (χ0v) is 21.2. The number of aryl methyl sites for hydroxylation is 1. The van der Waals surface area contributed by atoms with E-state index in [9.17, 15) is 9.59 Å². The maximum atomic E-state index is 13.5. The summed E-state index contributed by atoms with van der Waals surface area (Å²) in [5.74, 6) is 1.59. The van der Waals surface area contributed by atoms with Crippen molar-refractivity contribution in [2.75, 3.05) is 52.6 Å². The summed E-state index contributed by atoms with van der Waals surface area (Å²) in [5.41, 5.74) is 0.146. The Kier molecular flexibility index (Phi) is 7.41. The van der Waals surface area contributed by atoms with E-state index in [1.807, 2.05) is 6.92 Å². The van der Waals surface area contributed by atoms with Crippen molar-refractivity contribution in [3.8, 4) is 5.75 Å². The number of carbonyl (C=O) groups is 2. The molecule has 0 spiro atoms. The lowest BCUT2D eigenvalue weighted by molar-refractivity contribution is -0.155. The van der Waals surface area contributed by atoms with Crippen LogP contribution >= 0.6 is 11.6 Å². The molecule has 1 aromatic carbocycles. The SMILES string of the molecule is Cc1nc(C2CC2)ncc1C(=O)N1CCO[C@@](COc2cccc(Cl)c2)(CC(=O)N2CCOCC2)C1. The average molecular weight is 515 g/mol.